The molecule has 0 aliphatic carbocycles. The standard InChI is InChI=1S/C14H18N2O/c1-2-8-15-13(3-1)11-4-6-12(7-5-11)14-16-9-10-17-14/h4-7,13,15H,1-3,8-10H2. The highest BCUT2D eigenvalue weighted by Gasteiger charge is 2.15. The van der Waals surface area contributed by atoms with Crippen molar-refractivity contribution < 1.29 is 4.74 Å². The van der Waals surface area contributed by atoms with Gasteiger partial charge in [0.15, 0.2) is 0 Å². The van der Waals surface area contributed by atoms with Crippen LogP contribution >= 0.6 is 0 Å². The number of hydrogen-bond acceptors (Lipinski definition) is 3. The van der Waals surface area contributed by atoms with Crippen molar-refractivity contribution in [3.05, 3.63) is 35.4 Å². The average molecular weight is 230 g/mol. The minimum absolute atomic E-state index is 0.532. The first kappa shape index (κ1) is 10.8. The molecule has 2 aliphatic heterocycles. The fourth-order valence-electron chi connectivity index (χ4n) is 2.50. The van der Waals surface area contributed by atoms with E-state index in [0.29, 0.717) is 6.04 Å². The van der Waals surface area contributed by atoms with E-state index in [0.717, 1.165) is 31.2 Å². The first-order valence-corrected chi connectivity index (χ1v) is 6.44. The third-order valence-electron chi connectivity index (χ3n) is 3.46. The van der Waals surface area contributed by atoms with Crippen LogP contribution in [0.3, 0.4) is 0 Å². The molecule has 1 N–H and O–H groups in total. The molecule has 0 amide bonds. The molecule has 1 unspecified atom stereocenters. The van der Waals surface area contributed by atoms with Gasteiger partial charge in [-0.1, -0.05) is 18.6 Å². The maximum Gasteiger partial charge on any atom is 0.216 e. The van der Waals surface area contributed by atoms with Gasteiger partial charge in [0, 0.05) is 11.6 Å². The molecule has 1 aromatic carbocycles. The van der Waals surface area contributed by atoms with Gasteiger partial charge in [0.25, 0.3) is 0 Å². The van der Waals surface area contributed by atoms with Crippen molar-refractivity contribution in [2.45, 2.75) is 25.3 Å². The maximum absolute atomic E-state index is 5.46. The van der Waals surface area contributed by atoms with Gasteiger partial charge in [-0.2, -0.15) is 0 Å². The Morgan fingerprint density at radius 3 is 2.71 bits per heavy atom. The van der Waals surface area contributed by atoms with Crippen molar-refractivity contribution >= 4 is 5.90 Å². The van der Waals surface area contributed by atoms with Gasteiger partial charge in [0.2, 0.25) is 5.90 Å². The Bertz CT molecular complexity index is 405. The summed E-state index contributed by atoms with van der Waals surface area (Å²) in [5.74, 6) is 0.799. The van der Waals surface area contributed by atoms with Crippen LogP contribution in [0, 0.1) is 0 Å². The summed E-state index contributed by atoms with van der Waals surface area (Å²) >= 11 is 0. The molecule has 0 bridgehead atoms. The summed E-state index contributed by atoms with van der Waals surface area (Å²) in [4.78, 5) is 4.33. The lowest BCUT2D eigenvalue weighted by atomic mass is 9.97. The molecule has 0 saturated carbocycles. The van der Waals surface area contributed by atoms with E-state index in [2.05, 4.69) is 34.6 Å². The second-order valence-electron chi connectivity index (χ2n) is 4.66. The molecule has 90 valence electrons. The van der Waals surface area contributed by atoms with Crippen LogP contribution in [-0.2, 0) is 4.74 Å². The second-order valence-corrected chi connectivity index (χ2v) is 4.66. The first-order chi connectivity index (χ1) is 8.43. The highest BCUT2D eigenvalue weighted by Crippen LogP contribution is 2.23. The Balaban J connectivity index is 1.75. The van der Waals surface area contributed by atoms with E-state index < -0.39 is 0 Å². The van der Waals surface area contributed by atoms with Gasteiger partial charge in [0.1, 0.15) is 6.61 Å². The molecule has 3 nitrogen and oxygen atoms in total. The zero-order valence-electron chi connectivity index (χ0n) is 9.98. The van der Waals surface area contributed by atoms with Gasteiger partial charge in [-0.15, -0.1) is 0 Å². The normalized spacial score (nSPS) is 24.2. The van der Waals surface area contributed by atoms with E-state index in [1.54, 1.807) is 0 Å². The molecule has 3 heteroatoms. The molecule has 0 aromatic heterocycles. The Labute approximate surface area is 102 Å². The smallest absolute Gasteiger partial charge is 0.216 e. The quantitative estimate of drug-likeness (QED) is 0.845. The van der Waals surface area contributed by atoms with Gasteiger partial charge in [0.05, 0.1) is 6.54 Å². The third kappa shape index (κ3) is 2.34. The van der Waals surface area contributed by atoms with Crippen LogP contribution in [0.4, 0.5) is 0 Å². The van der Waals surface area contributed by atoms with E-state index in [9.17, 15) is 0 Å². The molecule has 1 saturated heterocycles. The molecule has 2 aliphatic rings. The number of benzene rings is 1. The maximum atomic E-state index is 5.46. The highest BCUT2D eigenvalue weighted by molar-refractivity contribution is 5.94. The summed E-state index contributed by atoms with van der Waals surface area (Å²) < 4.78 is 5.46. The van der Waals surface area contributed by atoms with Gasteiger partial charge in [-0.05, 0) is 37.1 Å². The zero-order chi connectivity index (χ0) is 11.5. The van der Waals surface area contributed by atoms with Gasteiger partial charge >= 0.3 is 0 Å². The SMILES string of the molecule is c1cc(C2CCCCN2)ccc1C1=NCCO1. The van der Waals surface area contributed by atoms with Crippen LogP contribution in [0.5, 0.6) is 0 Å². The van der Waals surface area contributed by atoms with Crippen molar-refractivity contribution in [1.82, 2.24) is 5.32 Å². The Morgan fingerprint density at radius 2 is 2.06 bits per heavy atom. The number of aliphatic imine (C=N–C) groups is 1. The highest BCUT2D eigenvalue weighted by atomic mass is 16.5. The minimum Gasteiger partial charge on any atom is -0.476 e. The van der Waals surface area contributed by atoms with Crippen LogP contribution in [0.1, 0.15) is 36.4 Å². The van der Waals surface area contributed by atoms with E-state index in [1.165, 1.54) is 24.8 Å². The zero-order valence-corrected chi connectivity index (χ0v) is 9.98. The van der Waals surface area contributed by atoms with Crippen molar-refractivity contribution in [1.29, 1.82) is 0 Å². The van der Waals surface area contributed by atoms with Crippen LogP contribution in [0.15, 0.2) is 29.3 Å². The van der Waals surface area contributed by atoms with E-state index in [4.69, 9.17) is 4.74 Å². The van der Waals surface area contributed by atoms with Gasteiger partial charge in [-0.3, -0.25) is 0 Å². The Hall–Kier alpha value is -1.35. The van der Waals surface area contributed by atoms with Crippen LogP contribution in [-0.4, -0.2) is 25.6 Å². The lowest BCUT2D eigenvalue weighted by Gasteiger charge is -2.23. The van der Waals surface area contributed by atoms with Crippen LogP contribution < -0.4 is 5.32 Å². The van der Waals surface area contributed by atoms with Crippen molar-refractivity contribution in [3.8, 4) is 0 Å². The topological polar surface area (TPSA) is 33.6 Å². The molecular formula is C14H18N2O. The molecule has 1 atom stereocenters. The third-order valence-corrected chi connectivity index (χ3v) is 3.46. The van der Waals surface area contributed by atoms with Crippen LogP contribution in [0.2, 0.25) is 0 Å². The minimum atomic E-state index is 0.532. The molecule has 1 aromatic rings. The summed E-state index contributed by atoms with van der Waals surface area (Å²) in [5.41, 5.74) is 2.48. The number of nitrogens with one attached hydrogen (secondary N) is 1. The van der Waals surface area contributed by atoms with Crippen molar-refractivity contribution in [2.24, 2.45) is 4.99 Å². The lowest BCUT2D eigenvalue weighted by molar-refractivity contribution is 0.348. The summed E-state index contributed by atoms with van der Waals surface area (Å²) in [6, 6.07) is 9.17. The molecule has 0 spiro atoms. The largest absolute Gasteiger partial charge is 0.476 e. The Morgan fingerprint density at radius 1 is 1.18 bits per heavy atom. The molecule has 1 fully saturated rings. The number of ether oxygens (including phenoxy) is 1. The fourth-order valence-corrected chi connectivity index (χ4v) is 2.50. The number of nitrogens with zero attached hydrogens (tertiary/aromatic N) is 1. The lowest BCUT2D eigenvalue weighted by Crippen LogP contribution is -2.26. The number of piperidine rings is 1. The summed E-state index contributed by atoms with van der Waals surface area (Å²) in [6.07, 6.45) is 3.88. The summed E-state index contributed by atoms with van der Waals surface area (Å²) in [5, 5.41) is 3.56. The first-order valence-electron chi connectivity index (χ1n) is 6.44. The van der Waals surface area contributed by atoms with E-state index in [1.807, 2.05) is 0 Å². The number of rotatable bonds is 2. The second kappa shape index (κ2) is 4.88. The predicted molar refractivity (Wildman–Crippen MR) is 68.4 cm³/mol. The molecule has 0 radical (unpaired) electrons. The molecule has 3 rings (SSSR count). The molecule has 2 heterocycles. The van der Waals surface area contributed by atoms with Crippen molar-refractivity contribution in [3.63, 3.8) is 0 Å². The van der Waals surface area contributed by atoms with Gasteiger partial charge in [-0.25, -0.2) is 4.99 Å². The van der Waals surface area contributed by atoms with Gasteiger partial charge < -0.3 is 10.1 Å². The van der Waals surface area contributed by atoms with Crippen LogP contribution in [0.25, 0.3) is 0 Å². The van der Waals surface area contributed by atoms with E-state index in [-0.39, 0.29) is 0 Å². The average Bonchev–Trinajstić information content (AvgIpc) is 2.94. The number of hydrogen-bond donors (Lipinski definition) is 1. The molecular weight excluding hydrogens is 212 g/mol. The summed E-state index contributed by atoms with van der Waals surface area (Å²) in [6.45, 7) is 2.66. The Kier molecular flexibility index (Phi) is 3.10. The summed E-state index contributed by atoms with van der Waals surface area (Å²) in [7, 11) is 0. The molecule has 17 heavy (non-hydrogen) atoms. The monoisotopic (exact) mass is 230 g/mol. The fraction of sp³-hybridized carbons (Fsp3) is 0.500. The van der Waals surface area contributed by atoms with Crippen molar-refractivity contribution in [2.75, 3.05) is 19.7 Å². The predicted octanol–water partition coefficient (Wildman–Crippen LogP) is 2.28. The van der Waals surface area contributed by atoms with E-state index >= 15 is 0 Å².